The SMILES string of the molecule is COc1ccc(CCN(Cc2cc3c(C)cc(C)cc3[nH]c2=O)Cc2nnnn2C(C)(C)C)cc1OC. The maximum absolute atomic E-state index is 13.1. The van der Waals surface area contributed by atoms with E-state index in [1.807, 2.05) is 41.9 Å². The number of nitrogens with one attached hydrogen (secondary N) is 1. The maximum atomic E-state index is 13.1. The molecule has 0 atom stereocenters. The number of rotatable bonds is 9. The van der Waals surface area contributed by atoms with Crippen LogP contribution in [0, 0.1) is 13.8 Å². The molecule has 2 aromatic carbocycles. The molecule has 196 valence electrons. The molecule has 4 rings (SSSR count). The molecule has 9 nitrogen and oxygen atoms in total. The summed E-state index contributed by atoms with van der Waals surface area (Å²) in [6.45, 7) is 12.0. The molecule has 0 amide bonds. The van der Waals surface area contributed by atoms with Gasteiger partial charge in [-0.2, -0.15) is 0 Å². The van der Waals surface area contributed by atoms with Crippen molar-refractivity contribution in [3.05, 3.63) is 74.8 Å². The third-order valence-corrected chi connectivity index (χ3v) is 6.48. The molecule has 0 aliphatic rings. The quantitative estimate of drug-likeness (QED) is 0.366. The van der Waals surface area contributed by atoms with Crippen LogP contribution in [0.25, 0.3) is 10.9 Å². The largest absolute Gasteiger partial charge is 0.493 e. The Hall–Kier alpha value is -3.72. The van der Waals surface area contributed by atoms with Crippen LogP contribution in [0.15, 0.2) is 41.2 Å². The molecule has 0 bridgehead atoms. The van der Waals surface area contributed by atoms with E-state index in [2.05, 4.69) is 59.2 Å². The van der Waals surface area contributed by atoms with Crippen LogP contribution in [0.5, 0.6) is 11.5 Å². The van der Waals surface area contributed by atoms with Gasteiger partial charge in [-0.3, -0.25) is 9.69 Å². The minimum absolute atomic E-state index is 0.0796. The fourth-order valence-corrected chi connectivity index (χ4v) is 4.64. The monoisotopic (exact) mass is 504 g/mol. The Labute approximate surface area is 217 Å². The summed E-state index contributed by atoms with van der Waals surface area (Å²) in [4.78, 5) is 18.4. The van der Waals surface area contributed by atoms with E-state index in [-0.39, 0.29) is 11.1 Å². The number of tetrazole rings is 1. The minimum atomic E-state index is -0.261. The summed E-state index contributed by atoms with van der Waals surface area (Å²) in [6.07, 6.45) is 0.751. The summed E-state index contributed by atoms with van der Waals surface area (Å²) < 4.78 is 12.7. The number of H-pyrrole nitrogens is 1. The Morgan fingerprint density at radius 1 is 1.00 bits per heavy atom. The van der Waals surface area contributed by atoms with Crippen molar-refractivity contribution in [1.29, 1.82) is 0 Å². The second kappa shape index (κ2) is 10.7. The molecule has 0 fully saturated rings. The van der Waals surface area contributed by atoms with Gasteiger partial charge < -0.3 is 14.5 Å². The number of hydrogen-bond acceptors (Lipinski definition) is 7. The Balaban J connectivity index is 1.65. The van der Waals surface area contributed by atoms with Crippen molar-refractivity contribution in [3.63, 3.8) is 0 Å². The van der Waals surface area contributed by atoms with Gasteiger partial charge in [0.2, 0.25) is 0 Å². The third-order valence-electron chi connectivity index (χ3n) is 6.48. The smallest absolute Gasteiger partial charge is 0.252 e. The summed E-state index contributed by atoms with van der Waals surface area (Å²) >= 11 is 0. The van der Waals surface area contributed by atoms with Gasteiger partial charge in [0.15, 0.2) is 17.3 Å². The van der Waals surface area contributed by atoms with Crippen LogP contribution in [-0.4, -0.2) is 50.9 Å². The molecule has 0 aliphatic heterocycles. The number of aromatic nitrogens is 5. The van der Waals surface area contributed by atoms with Crippen molar-refractivity contribution >= 4 is 10.9 Å². The number of aromatic amines is 1. The lowest BCUT2D eigenvalue weighted by Crippen LogP contribution is -2.32. The lowest BCUT2D eigenvalue weighted by atomic mass is 10.0. The Bertz CT molecular complexity index is 1450. The van der Waals surface area contributed by atoms with Gasteiger partial charge in [-0.15, -0.1) is 5.10 Å². The Kier molecular flexibility index (Phi) is 7.63. The van der Waals surface area contributed by atoms with Gasteiger partial charge in [-0.25, -0.2) is 4.68 Å². The van der Waals surface area contributed by atoms with Crippen LogP contribution >= 0.6 is 0 Å². The van der Waals surface area contributed by atoms with Crippen LogP contribution in [0.2, 0.25) is 0 Å². The number of hydrogen-bond donors (Lipinski definition) is 1. The average Bonchev–Trinajstić information content (AvgIpc) is 3.32. The summed E-state index contributed by atoms with van der Waals surface area (Å²) in [5.41, 5.74) is 4.60. The second-order valence-electron chi connectivity index (χ2n) is 10.5. The molecule has 0 saturated heterocycles. The van der Waals surface area contributed by atoms with E-state index in [0.717, 1.165) is 39.8 Å². The standard InChI is InChI=1S/C28H36N6O3/c1-18-12-19(2)22-15-21(27(35)29-23(22)13-18)16-33(17-26-30-31-32-34(26)28(3,4)5)11-10-20-8-9-24(36-6)25(14-20)37-7/h8-9,12-15H,10-11,16-17H2,1-7H3,(H,29,35). The Morgan fingerprint density at radius 2 is 1.76 bits per heavy atom. The van der Waals surface area contributed by atoms with Gasteiger partial charge in [0.25, 0.3) is 5.56 Å². The van der Waals surface area contributed by atoms with Crippen molar-refractivity contribution in [2.75, 3.05) is 20.8 Å². The molecule has 2 aromatic heterocycles. The predicted molar refractivity (Wildman–Crippen MR) is 144 cm³/mol. The predicted octanol–water partition coefficient (Wildman–Crippen LogP) is 4.15. The number of benzene rings is 2. The van der Waals surface area contributed by atoms with Gasteiger partial charge in [-0.05, 0) is 92.4 Å². The van der Waals surface area contributed by atoms with E-state index < -0.39 is 0 Å². The number of ether oxygens (including phenoxy) is 2. The average molecular weight is 505 g/mol. The zero-order valence-corrected chi connectivity index (χ0v) is 22.8. The molecule has 37 heavy (non-hydrogen) atoms. The fourth-order valence-electron chi connectivity index (χ4n) is 4.64. The highest BCUT2D eigenvalue weighted by molar-refractivity contribution is 5.83. The first-order chi connectivity index (χ1) is 17.6. The maximum Gasteiger partial charge on any atom is 0.252 e. The van der Waals surface area contributed by atoms with Crippen LogP contribution in [0.3, 0.4) is 0 Å². The zero-order valence-electron chi connectivity index (χ0n) is 22.8. The number of methoxy groups -OCH3 is 2. The Morgan fingerprint density at radius 3 is 2.46 bits per heavy atom. The first-order valence-electron chi connectivity index (χ1n) is 12.4. The number of fused-ring (bicyclic) bond motifs is 1. The molecule has 4 aromatic rings. The zero-order chi connectivity index (χ0) is 26.7. The molecule has 0 saturated carbocycles. The highest BCUT2D eigenvalue weighted by atomic mass is 16.5. The fraction of sp³-hybridized carbons (Fsp3) is 0.429. The molecule has 0 aliphatic carbocycles. The molecule has 0 unspecified atom stereocenters. The lowest BCUT2D eigenvalue weighted by molar-refractivity contribution is 0.233. The summed E-state index contributed by atoms with van der Waals surface area (Å²) in [6, 6.07) is 12.1. The molecular weight excluding hydrogens is 468 g/mol. The first kappa shape index (κ1) is 26.3. The third kappa shape index (κ3) is 5.99. The molecule has 2 heterocycles. The van der Waals surface area contributed by atoms with Gasteiger partial charge in [0.1, 0.15) is 0 Å². The molecule has 1 N–H and O–H groups in total. The molecule has 0 spiro atoms. The van der Waals surface area contributed by atoms with Crippen LogP contribution in [0.4, 0.5) is 0 Å². The van der Waals surface area contributed by atoms with Crippen molar-refractivity contribution in [1.82, 2.24) is 30.1 Å². The van der Waals surface area contributed by atoms with E-state index in [4.69, 9.17) is 9.47 Å². The van der Waals surface area contributed by atoms with Crippen LogP contribution < -0.4 is 15.0 Å². The number of aryl methyl sites for hydroxylation is 2. The number of nitrogens with zero attached hydrogens (tertiary/aromatic N) is 5. The van der Waals surface area contributed by atoms with Crippen molar-refractivity contribution in [2.24, 2.45) is 0 Å². The normalized spacial score (nSPS) is 11.9. The van der Waals surface area contributed by atoms with Gasteiger partial charge >= 0.3 is 0 Å². The van der Waals surface area contributed by atoms with Crippen LogP contribution in [-0.2, 0) is 25.0 Å². The number of pyridine rings is 1. The van der Waals surface area contributed by atoms with E-state index in [1.54, 1.807) is 14.2 Å². The van der Waals surface area contributed by atoms with Crippen molar-refractivity contribution in [3.8, 4) is 11.5 Å². The first-order valence-corrected chi connectivity index (χ1v) is 12.4. The highest BCUT2D eigenvalue weighted by Crippen LogP contribution is 2.28. The van der Waals surface area contributed by atoms with Crippen molar-refractivity contribution in [2.45, 2.75) is 59.7 Å². The minimum Gasteiger partial charge on any atom is -0.493 e. The lowest BCUT2D eigenvalue weighted by Gasteiger charge is -2.25. The summed E-state index contributed by atoms with van der Waals surface area (Å²) in [5.74, 6) is 2.14. The molecule has 0 radical (unpaired) electrons. The second-order valence-corrected chi connectivity index (χ2v) is 10.5. The summed E-state index contributed by atoms with van der Waals surface area (Å²) in [7, 11) is 3.26. The van der Waals surface area contributed by atoms with E-state index in [0.29, 0.717) is 36.7 Å². The van der Waals surface area contributed by atoms with Crippen LogP contribution in [0.1, 0.15) is 48.8 Å². The summed E-state index contributed by atoms with van der Waals surface area (Å²) in [5, 5.41) is 13.5. The van der Waals surface area contributed by atoms with E-state index in [1.165, 1.54) is 0 Å². The van der Waals surface area contributed by atoms with Gasteiger partial charge in [0.05, 0.1) is 26.3 Å². The van der Waals surface area contributed by atoms with E-state index >= 15 is 0 Å². The van der Waals surface area contributed by atoms with Crippen molar-refractivity contribution < 1.29 is 9.47 Å². The molecule has 9 heteroatoms. The molecular formula is C28H36N6O3. The van der Waals surface area contributed by atoms with Gasteiger partial charge in [0, 0.05) is 29.6 Å². The highest BCUT2D eigenvalue weighted by Gasteiger charge is 2.22. The van der Waals surface area contributed by atoms with E-state index in [9.17, 15) is 4.79 Å². The topological polar surface area (TPSA) is 98.2 Å². The van der Waals surface area contributed by atoms with Gasteiger partial charge in [-0.1, -0.05) is 12.1 Å².